The van der Waals surface area contributed by atoms with Crippen LogP contribution in [-0.2, 0) is 13.5 Å². The molecule has 0 saturated heterocycles. The van der Waals surface area contributed by atoms with Gasteiger partial charge in [0, 0.05) is 25.7 Å². The fourth-order valence-electron chi connectivity index (χ4n) is 2.23. The van der Waals surface area contributed by atoms with Gasteiger partial charge in [-0.3, -0.25) is 4.68 Å². The molecule has 0 aliphatic carbocycles. The summed E-state index contributed by atoms with van der Waals surface area (Å²) in [5, 5.41) is 7.99. The van der Waals surface area contributed by atoms with Crippen LogP contribution in [-0.4, -0.2) is 15.0 Å². The number of hydrogen-bond acceptors (Lipinski definition) is 3. The maximum Gasteiger partial charge on any atom is 0.0845 e. The average Bonchev–Trinajstić information content (AvgIpc) is 2.63. The van der Waals surface area contributed by atoms with Gasteiger partial charge in [0.2, 0.25) is 0 Å². The van der Waals surface area contributed by atoms with E-state index in [4.69, 9.17) is 5.73 Å². The van der Waals surface area contributed by atoms with Gasteiger partial charge < -0.3 is 5.73 Å². The largest absolute Gasteiger partial charge is 0.324 e. The summed E-state index contributed by atoms with van der Waals surface area (Å²) in [7, 11) is 1.86. The Morgan fingerprint density at radius 2 is 1.94 bits per heavy atom. The molecule has 0 bridgehead atoms. The highest BCUT2D eigenvalue weighted by molar-refractivity contribution is 5.36. The van der Waals surface area contributed by atoms with E-state index >= 15 is 0 Å². The number of aromatic nitrogens is 3. The van der Waals surface area contributed by atoms with Gasteiger partial charge in [-0.1, -0.05) is 23.4 Å². The number of benzene rings is 1. The predicted octanol–water partition coefficient (Wildman–Crippen LogP) is 1.67. The molecular weight excluding hydrogens is 212 g/mol. The molecule has 0 aliphatic heterocycles. The topological polar surface area (TPSA) is 56.7 Å². The highest BCUT2D eigenvalue weighted by atomic mass is 15.4. The minimum Gasteiger partial charge on any atom is -0.324 e. The summed E-state index contributed by atoms with van der Waals surface area (Å²) in [5.41, 5.74) is 10.9. The van der Waals surface area contributed by atoms with Crippen LogP contribution in [0.2, 0.25) is 0 Å². The highest BCUT2D eigenvalue weighted by Gasteiger charge is 2.13. The second kappa shape index (κ2) is 4.67. The van der Waals surface area contributed by atoms with Gasteiger partial charge in [-0.2, -0.15) is 0 Å². The third kappa shape index (κ3) is 2.53. The molecule has 2 rings (SSSR count). The average molecular weight is 230 g/mol. The van der Waals surface area contributed by atoms with Gasteiger partial charge in [-0.25, -0.2) is 0 Å². The summed E-state index contributed by atoms with van der Waals surface area (Å²) in [4.78, 5) is 0. The van der Waals surface area contributed by atoms with Crippen molar-refractivity contribution in [1.82, 2.24) is 15.0 Å². The zero-order chi connectivity index (χ0) is 12.4. The van der Waals surface area contributed by atoms with E-state index in [0.29, 0.717) is 0 Å². The molecule has 1 unspecified atom stereocenters. The van der Waals surface area contributed by atoms with Gasteiger partial charge in [0.25, 0.3) is 0 Å². The number of aryl methyl sites for hydroxylation is 3. The molecule has 17 heavy (non-hydrogen) atoms. The van der Waals surface area contributed by atoms with Crippen LogP contribution in [0, 0.1) is 13.8 Å². The van der Waals surface area contributed by atoms with Crippen molar-refractivity contribution in [2.45, 2.75) is 26.3 Å². The van der Waals surface area contributed by atoms with Crippen LogP contribution >= 0.6 is 0 Å². The number of rotatable bonds is 3. The first kappa shape index (κ1) is 11.8. The Balaban J connectivity index is 2.22. The zero-order valence-corrected chi connectivity index (χ0v) is 10.5. The summed E-state index contributed by atoms with van der Waals surface area (Å²) < 4.78 is 1.70. The van der Waals surface area contributed by atoms with Crippen LogP contribution in [0.25, 0.3) is 0 Å². The van der Waals surface area contributed by atoms with Crippen molar-refractivity contribution in [2.75, 3.05) is 0 Å². The molecule has 0 spiro atoms. The van der Waals surface area contributed by atoms with Crippen LogP contribution in [0.1, 0.15) is 28.4 Å². The predicted molar refractivity (Wildman–Crippen MR) is 67.6 cm³/mol. The Morgan fingerprint density at radius 1 is 1.29 bits per heavy atom. The van der Waals surface area contributed by atoms with Crippen LogP contribution in [0.3, 0.4) is 0 Å². The number of hydrogen-bond donors (Lipinski definition) is 1. The summed E-state index contributed by atoms with van der Waals surface area (Å²) in [6, 6.07) is 6.23. The van der Waals surface area contributed by atoms with E-state index in [1.165, 1.54) is 16.7 Å². The van der Waals surface area contributed by atoms with E-state index in [1.807, 2.05) is 13.2 Å². The molecule has 0 saturated carbocycles. The van der Waals surface area contributed by atoms with E-state index in [1.54, 1.807) is 4.68 Å². The van der Waals surface area contributed by atoms with Crippen molar-refractivity contribution in [3.8, 4) is 0 Å². The lowest BCUT2D eigenvalue weighted by atomic mass is 9.94. The lowest BCUT2D eigenvalue weighted by Gasteiger charge is -2.16. The fraction of sp³-hybridized carbons (Fsp3) is 0.385. The van der Waals surface area contributed by atoms with Gasteiger partial charge in [-0.15, -0.1) is 5.10 Å². The van der Waals surface area contributed by atoms with Crippen molar-refractivity contribution in [2.24, 2.45) is 12.8 Å². The maximum atomic E-state index is 6.26. The minimum absolute atomic E-state index is 0.0205. The van der Waals surface area contributed by atoms with E-state index in [0.717, 1.165) is 12.1 Å². The molecule has 4 heteroatoms. The highest BCUT2D eigenvalue weighted by Crippen LogP contribution is 2.22. The first-order chi connectivity index (χ1) is 8.08. The van der Waals surface area contributed by atoms with Gasteiger partial charge in [0.05, 0.1) is 5.69 Å². The molecular formula is C13H18N4. The summed E-state index contributed by atoms with van der Waals surface area (Å²) >= 11 is 0. The molecule has 4 nitrogen and oxygen atoms in total. The van der Waals surface area contributed by atoms with E-state index in [-0.39, 0.29) is 6.04 Å². The Kier molecular flexibility index (Phi) is 3.24. The third-order valence-corrected chi connectivity index (χ3v) is 2.99. The Hall–Kier alpha value is -1.68. The Bertz CT molecular complexity index is 496. The van der Waals surface area contributed by atoms with Crippen molar-refractivity contribution in [3.05, 3.63) is 46.8 Å². The van der Waals surface area contributed by atoms with Gasteiger partial charge in [0.1, 0.15) is 0 Å². The van der Waals surface area contributed by atoms with E-state index in [2.05, 4.69) is 42.4 Å². The third-order valence-electron chi connectivity index (χ3n) is 2.99. The minimum atomic E-state index is -0.0205. The second-order valence-corrected chi connectivity index (χ2v) is 4.50. The number of nitrogens with two attached hydrogens (primary N) is 1. The summed E-state index contributed by atoms with van der Waals surface area (Å²) in [6.07, 6.45) is 2.63. The zero-order valence-electron chi connectivity index (χ0n) is 10.5. The Labute approximate surface area is 101 Å². The van der Waals surface area contributed by atoms with Gasteiger partial charge >= 0.3 is 0 Å². The lowest BCUT2D eigenvalue weighted by Crippen LogP contribution is -2.16. The van der Waals surface area contributed by atoms with Crippen LogP contribution < -0.4 is 5.73 Å². The van der Waals surface area contributed by atoms with Crippen LogP contribution in [0.4, 0.5) is 0 Å². The SMILES string of the molecule is Cc1cccc(C)c1C(N)Cc1cn(C)nn1. The fourth-order valence-corrected chi connectivity index (χ4v) is 2.23. The van der Waals surface area contributed by atoms with Crippen molar-refractivity contribution >= 4 is 0 Å². The summed E-state index contributed by atoms with van der Waals surface area (Å²) in [5.74, 6) is 0. The molecule has 1 atom stereocenters. The molecule has 2 aromatic rings. The molecule has 1 aromatic carbocycles. The second-order valence-electron chi connectivity index (χ2n) is 4.50. The molecule has 0 fully saturated rings. The van der Waals surface area contributed by atoms with Gasteiger partial charge in [0.15, 0.2) is 0 Å². The van der Waals surface area contributed by atoms with Crippen LogP contribution in [0.5, 0.6) is 0 Å². The van der Waals surface area contributed by atoms with Crippen molar-refractivity contribution in [1.29, 1.82) is 0 Å². The molecule has 2 N–H and O–H groups in total. The summed E-state index contributed by atoms with van der Waals surface area (Å²) in [6.45, 7) is 4.19. The maximum absolute atomic E-state index is 6.26. The van der Waals surface area contributed by atoms with Crippen molar-refractivity contribution < 1.29 is 0 Å². The molecule has 0 radical (unpaired) electrons. The van der Waals surface area contributed by atoms with Gasteiger partial charge in [-0.05, 0) is 30.5 Å². The molecule has 90 valence electrons. The first-order valence-electron chi connectivity index (χ1n) is 5.75. The number of nitrogens with zero attached hydrogens (tertiary/aromatic N) is 3. The quantitative estimate of drug-likeness (QED) is 0.872. The lowest BCUT2D eigenvalue weighted by molar-refractivity contribution is 0.687. The molecule has 0 aliphatic rings. The smallest absolute Gasteiger partial charge is 0.0845 e. The first-order valence-corrected chi connectivity index (χ1v) is 5.75. The normalized spacial score (nSPS) is 12.7. The Morgan fingerprint density at radius 3 is 2.47 bits per heavy atom. The molecule has 1 aromatic heterocycles. The monoisotopic (exact) mass is 230 g/mol. The van der Waals surface area contributed by atoms with Crippen molar-refractivity contribution in [3.63, 3.8) is 0 Å². The molecule has 1 heterocycles. The van der Waals surface area contributed by atoms with Crippen LogP contribution in [0.15, 0.2) is 24.4 Å². The van der Waals surface area contributed by atoms with E-state index < -0.39 is 0 Å². The standard InChI is InChI=1S/C13H18N4/c1-9-5-4-6-10(2)13(9)12(14)7-11-8-17(3)16-15-11/h4-6,8,12H,7,14H2,1-3H3. The van der Waals surface area contributed by atoms with E-state index in [9.17, 15) is 0 Å². The molecule has 0 amide bonds.